The summed E-state index contributed by atoms with van der Waals surface area (Å²) in [6.07, 6.45) is -0.772. The van der Waals surface area contributed by atoms with Crippen molar-refractivity contribution in [2.24, 2.45) is 0 Å². The highest BCUT2D eigenvalue weighted by Crippen LogP contribution is 2.24. The molecule has 1 amide bonds. The van der Waals surface area contributed by atoms with Crippen molar-refractivity contribution in [1.29, 1.82) is 0 Å². The number of amides is 1. The van der Waals surface area contributed by atoms with Gasteiger partial charge in [0.2, 0.25) is 0 Å². The fraction of sp³-hybridized carbons (Fsp3) is 0.750. The first kappa shape index (κ1) is 15.3. The number of nitrogens with zero attached hydrogens (tertiary/aromatic N) is 1. The van der Waals surface area contributed by atoms with Crippen LogP contribution in [0.5, 0.6) is 0 Å². The first-order valence-electron chi connectivity index (χ1n) is 6.08. The maximum Gasteiger partial charge on any atom is 0.410 e. The van der Waals surface area contributed by atoms with Gasteiger partial charge in [0.1, 0.15) is 5.60 Å². The van der Waals surface area contributed by atoms with E-state index >= 15 is 0 Å². The van der Waals surface area contributed by atoms with E-state index in [4.69, 9.17) is 14.6 Å². The summed E-state index contributed by atoms with van der Waals surface area (Å²) >= 11 is 0. The van der Waals surface area contributed by atoms with Gasteiger partial charge in [-0.3, -0.25) is 9.59 Å². The lowest BCUT2D eigenvalue weighted by Crippen LogP contribution is -2.43. The third kappa shape index (κ3) is 4.42. The highest BCUT2D eigenvalue weighted by Gasteiger charge is 2.42. The molecule has 1 rings (SSSR count). The summed E-state index contributed by atoms with van der Waals surface area (Å²) in [5, 5.41) is 8.47. The van der Waals surface area contributed by atoms with E-state index < -0.39 is 29.7 Å². The fourth-order valence-electron chi connectivity index (χ4n) is 1.73. The molecule has 1 saturated heterocycles. The molecule has 7 nitrogen and oxygen atoms in total. The number of likely N-dealkylation sites (N-methyl/N-ethyl adjacent to an activating group) is 1. The predicted molar refractivity (Wildman–Crippen MR) is 64.6 cm³/mol. The van der Waals surface area contributed by atoms with Crippen molar-refractivity contribution in [3.05, 3.63) is 0 Å². The van der Waals surface area contributed by atoms with Crippen LogP contribution in [0.3, 0.4) is 0 Å². The van der Waals surface area contributed by atoms with E-state index in [9.17, 15) is 14.4 Å². The maximum atomic E-state index is 11.6. The van der Waals surface area contributed by atoms with Gasteiger partial charge in [-0.25, -0.2) is 4.79 Å². The Morgan fingerprint density at radius 2 is 2.11 bits per heavy atom. The second kappa shape index (κ2) is 5.90. The summed E-state index contributed by atoms with van der Waals surface area (Å²) in [5.41, 5.74) is -0.930. The third-order valence-corrected chi connectivity index (χ3v) is 2.92. The quantitative estimate of drug-likeness (QED) is 0.726. The Kier molecular flexibility index (Phi) is 4.74. The van der Waals surface area contributed by atoms with E-state index in [1.807, 2.05) is 0 Å². The van der Waals surface area contributed by atoms with Gasteiger partial charge in [0.05, 0.1) is 6.54 Å². The SMILES string of the molecule is CN1C[C@@H](C(C)(C)OC(=O)CCCC(=O)O)OC1=O. The summed E-state index contributed by atoms with van der Waals surface area (Å²) in [7, 11) is 1.60. The smallest absolute Gasteiger partial charge is 0.410 e. The van der Waals surface area contributed by atoms with Crippen LogP contribution in [0.25, 0.3) is 0 Å². The molecule has 0 aromatic heterocycles. The van der Waals surface area contributed by atoms with Crippen LogP contribution in [-0.2, 0) is 19.1 Å². The number of hydrogen-bond donors (Lipinski definition) is 1. The number of carbonyl (C=O) groups excluding carboxylic acids is 2. The molecule has 7 heteroatoms. The average Bonchev–Trinajstić information content (AvgIpc) is 2.58. The molecule has 1 N–H and O–H groups in total. The molecule has 1 aliphatic heterocycles. The molecular weight excluding hydrogens is 254 g/mol. The summed E-state index contributed by atoms with van der Waals surface area (Å²) in [4.78, 5) is 34.6. The van der Waals surface area contributed by atoms with E-state index in [-0.39, 0.29) is 19.3 Å². The molecule has 0 saturated carbocycles. The predicted octanol–water partition coefficient (Wildman–Crippen LogP) is 1.01. The Labute approximate surface area is 111 Å². The lowest BCUT2D eigenvalue weighted by Gasteiger charge is -2.29. The molecule has 0 unspecified atom stereocenters. The number of carboxylic acids is 1. The normalized spacial score (nSPS) is 19.2. The Hall–Kier alpha value is -1.79. The standard InChI is InChI=1S/C12H19NO6/c1-12(2,8-7-13(3)11(17)18-8)19-10(16)6-4-5-9(14)15/h8H,4-7H2,1-3H3,(H,14,15)/t8-/m0/s1. The monoisotopic (exact) mass is 273 g/mol. The molecule has 1 heterocycles. The van der Waals surface area contributed by atoms with Crippen molar-refractivity contribution >= 4 is 18.0 Å². The zero-order chi connectivity index (χ0) is 14.6. The molecule has 1 fully saturated rings. The summed E-state index contributed by atoms with van der Waals surface area (Å²) < 4.78 is 10.4. The van der Waals surface area contributed by atoms with Crippen LogP contribution in [0, 0.1) is 0 Å². The zero-order valence-corrected chi connectivity index (χ0v) is 11.3. The summed E-state index contributed by atoms with van der Waals surface area (Å²) in [6.45, 7) is 3.69. The van der Waals surface area contributed by atoms with Crippen LogP contribution in [0.2, 0.25) is 0 Å². The van der Waals surface area contributed by atoms with Gasteiger partial charge < -0.3 is 19.5 Å². The van der Waals surface area contributed by atoms with Gasteiger partial charge in [-0.1, -0.05) is 0 Å². The number of cyclic esters (lactones) is 1. The Morgan fingerprint density at radius 3 is 2.58 bits per heavy atom. The Bertz CT molecular complexity index is 378. The summed E-state index contributed by atoms with van der Waals surface area (Å²) in [6, 6.07) is 0. The second-order valence-electron chi connectivity index (χ2n) is 5.08. The maximum absolute atomic E-state index is 11.6. The van der Waals surface area contributed by atoms with Gasteiger partial charge in [0, 0.05) is 19.9 Å². The van der Waals surface area contributed by atoms with E-state index in [1.54, 1.807) is 20.9 Å². The lowest BCUT2D eigenvalue weighted by atomic mass is 10.0. The van der Waals surface area contributed by atoms with Crippen LogP contribution in [0.1, 0.15) is 33.1 Å². The van der Waals surface area contributed by atoms with Crippen LogP contribution < -0.4 is 0 Å². The first-order chi connectivity index (χ1) is 8.72. The minimum Gasteiger partial charge on any atom is -0.481 e. The molecule has 108 valence electrons. The van der Waals surface area contributed by atoms with Crippen LogP contribution >= 0.6 is 0 Å². The van der Waals surface area contributed by atoms with Gasteiger partial charge in [-0.2, -0.15) is 0 Å². The largest absolute Gasteiger partial charge is 0.481 e. The Balaban J connectivity index is 2.43. The van der Waals surface area contributed by atoms with Crippen molar-refractivity contribution < 1.29 is 29.0 Å². The molecule has 0 aromatic carbocycles. The second-order valence-corrected chi connectivity index (χ2v) is 5.08. The lowest BCUT2D eigenvalue weighted by molar-refractivity contribution is -0.165. The molecule has 0 bridgehead atoms. The van der Waals surface area contributed by atoms with Crippen LogP contribution in [0.15, 0.2) is 0 Å². The molecule has 0 spiro atoms. The minimum absolute atomic E-state index is 0.0340. The van der Waals surface area contributed by atoms with Gasteiger partial charge in [0.15, 0.2) is 6.10 Å². The summed E-state index contributed by atoms with van der Waals surface area (Å²) in [5.74, 6) is -1.43. The fourth-order valence-corrected chi connectivity index (χ4v) is 1.73. The van der Waals surface area contributed by atoms with Gasteiger partial charge in [-0.15, -0.1) is 0 Å². The average molecular weight is 273 g/mol. The zero-order valence-electron chi connectivity index (χ0n) is 11.3. The van der Waals surface area contributed by atoms with E-state index in [2.05, 4.69) is 0 Å². The molecule has 0 aromatic rings. The van der Waals surface area contributed by atoms with Crippen molar-refractivity contribution in [2.45, 2.75) is 44.8 Å². The van der Waals surface area contributed by atoms with Crippen molar-refractivity contribution in [3.8, 4) is 0 Å². The molecule has 0 aliphatic carbocycles. The van der Waals surface area contributed by atoms with Crippen molar-refractivity contribution in [2.75, 3.05) is 13.6 Å². The molecule has 1 atom stereocenters. The molecular formula is C12H19NO6. The number of esters is 1. The number of rotatable bonds is 6. The van der Waals surface area contributed by atoms with Crippen LogP contribution in [-0.4, -0.2) is 53.3 Å². The minimum atomic E-state index is -0.946. The molecule has 19 heavy (non-hydrogen) atoms. The van der Waals surface area contributed by atoms with E-state index in [0.717, 1.165) is 0 Å². The number of ether oxygens (including phenoxy) is 2. The number of hydrogen-bond acceptors (Lipinski definition) is 5. The van der Waals surface area contributed by atoms with E-state index in [1.165, 1.54) is 4.90 Å². The first-order valence-corrected chi connectivity index (χ1v) is 6.08. The van der Waals surface area contributed by atoms with E-state index in [0.29, 0.717) is 6.54 Å². The topological polar surface area (TPSA) is 93.1 Å². The van der Waals surface area contributed by atoms with Crippen molar-refractivity contribution in [1.82, 2.24) is 4.90 Å². The van der Waals surface area contributed by atoms with Gasteiger partial charge in [0.25, 0.3) is 0 Å². The third-order valence-electron chi connectivity index (χ3n) is 2.92. The van der Waals surface area contributed by atoms with Crippen molar-refractivity contribution in [3.63, 3.8) is 0 Å². The highest BCUT2D eigenvalue weighted by molar-refractivity contribution is 5.72. The molecule has 1 aliphatic rings. The number of carboxylic acid groups (broad SMARTS) is 1. The van der Waals surface area contributed by atoms with Gasteiger partial charge >= 0.3 is 18.0 Å². The highest BCUT2D eigenvalue weighted by atomic mass is 16.6. The number of aliphatic carboxylic acids is 1. The van der Waals surface area contributed by atoms with Crippen LogP contribution in [0.4, 0.5) is 4.79 Å². The Morgan fingerprint density at radius 1 is 1.47 bits per heavy atom. The van der Waals surface area contributed by atoms with Gasteiger partial charge in [-0.05, 0) is 20.3 Å². The molecule has 0 radical (unpaired) electrons. The number of carbonyl (C=O) groups is 3.